The predicted octanol–water partition coefficient (Wildman–Crippen LogP) is 3.23. The van der Waals surface area contributed by atoms with Crippen LogP contribution in [0.1, 0.15) is 0 Å². The monoisotopic (exact) mass is 290 g/mol. The number of halogens is 1. The third kappa shape index (κ3) is 4.48. The van der Waals surface area contributed by atoms with Crippen molar-refractivity contribution < 1.29 is 0 Å². The van der Waals surface area contributed by atoms with Gasteiger partial charge in [-0.05, 0) is 36.4 Å². The van der Waals surface area contributed by atoms with Crippen molar-refractivity contribution in [3.63, 3.8) is 0 Å². The number of nitrogens with two attached hydrogens (primary N) is 1. The molecule has 4 nitrogen and oxygen atoms in total. The molecule has 106 valence electrons. The van der Waals surface area contributed by atoms with Crippen molar-refractivity contribution in [2.45, 2.75) is 0 Å². The summed E-state index contributed by atoms with van der Waals surface area (Å²) >= 11 is 0. The van der Waals surface area contributed by atoms with Gasteiger partial charge >= 0.3 is 0 Å². The molecule has 2 aromatic rings. The molecule has 2 aromatic carbocycles. The number of aliphatic imine (C=N–C) groups is 1. The first-order chi connectivity index (χ1) is 9.15. The van der Waals surface area contributed by atoms with E-state index in [1.807, 2.05) is 73.6 Å². The van der Waals surface area contributed by atoms with Gasteiger partial charge in [0, 0.05) is 25.5 Å². The lowest BCUT2D eigenvalue weighted by atomic mass is 10.3. The fourth-order valence-corrected chi connectivity index (χ4v) is 1.66. The number of hydrogen-bond donors (Lipinski definition) is 2. The second-order valence-electron chi connectivity index (χ2n) is 4.40. The van der Waals surface area contributed by atoms with Crippen molar-refractivity contribution in [2.24, 2.45) is 10.7 Å². The lowest BCUT2D eigenvalue weighted by Crippen LogP contribution is -2.21. The van der Waals surface area contributed by atoms with E-state index in [2.05, 4.69) is 10.3 Å². The molecule has 0 saturated heterocycles. The van der Waals surface area contributed by atoms with Crippen LogP contribution >= 0.6 is 12.4 Å². The summed E-state index contributed by atoms with van der Waals surface area (Å²) in [5.74, 6) is 0.379. The van der Waals surface area contributed by atoms with Gasteiger partial charge in [0.15, 0.2) is 5.96 Å². The zero-order valence-electron chi connectivity index (χ0n) is 11.6. The standard InChI is InChI=1S/C15H18N4.ClH/c1-19(2)14-10-8-13(9-11-14)18-15(16)17-12-6-4-3-5-7-12;/h3-11H,1-2H3,(H3,16,17,18);1H. The Bertz CT molecular complexity index is 550. The number of nitrogens with zero attached hydrogens (tertiary/aromatic N) is 2. The minimum atomic E-state index is 0. The Hall–Kier alpha value is -2.20. The topological polar surface area (TPSA) is 53.6 Å². The highest BCUT2D eigenvalue weighted by molar-refractivity contribution is 5.93. The highest BCUT2D eigenvalue weighted by Crippen LogP contribution is 2.18. The first-order valence-electron chi connectivity index (χ1n) is 6.09. The molecule has 0 aliphatic heterocycles. The van der Waals surface area contributed by atoms with E-state index in [0.717, 1.165) is 17.1 Å². The van der Waals surface area contributed by atoms with Gasteiger partial charge in [0.2, 0.25) is 0 Å². The van der Waals surface area contributed by atoms with Gasteiger partial charge in [0.05, 0.1) is 5.69 Å². The van der Waals surface area contributed by atoms with Crippen LogP contribution in [-0.4, -0.2) is 20.1 Å². The third-order valence-electron chi connectivity index (χ3n) is 2.66. The molecule has 2 rings (SSSR count). The van der Waals surface area contributed by atoms with Crippen molar-refractivity contribution in [3.8, 4) is 0 Å². The molecule has 0 saturated carbocycles. The van der Waals surface area contributed by atoms with Crippen LogP contribution in [0.3, 0.4) is 0 Å². The summed E-state index contributed by atoms with van der Waals surface area (Å²) in [5.41, 5.74) is 8.75. The Morgan fingerprint density at radius 2 is 1.60 bits per heavy atom. The lowest BCUT2D eigenvalue weighted by molar-refractivity contribution is 1.13. The molecule has 20 heavy (non-hydrogen) atoms. The van der Waals surface area contributed by atoms with Gasteiger partial charge in [-0.1, -0.05) is 18.2 Å². The molecular formula is C15H19ClN4. The van der Waals surface area contributed by atoms with Crippen LogP contribution in [0.4, 0.5) is 17.1 Å². The van der Waals surface area contributed by atoms with E-state index in [1.54, 1.807) is 0 Å². The lowest BCUT2D eigenvalue weighted by Gasteiger charge is -2.12. The van der Waals surface area contributed by atoms with E-state index < -0.39 is 0 Å². The molecule has 0 unspecified atom stereocenters. The molecule has 0 aliphatic rings. The van der Waals surface area contributed by atoms with Gasteiger partial charge in [-0.2, -0.15) is 0 Å². The molecule has 0 aromatic heterocycles. The molecule has 0 radical (unpaired) electrons. The summed E-state index contributed by atoms with van der Waals surface area (Å²) in [5, 5.41) is 3.05. The average molecular weight is 291 g/mol. The Kier molecular flexibility index (Phi) is 5.87. The fourth-order valence-electron chi connectivity index (χ4n) is 1.66. The predicted molar refractivity (Wildman–Crippen MR) is 89.4 cm³/mol. The highest BCUT2D eigenvalue weighted by Gasteiger charge is 1.97. The summed E-state index contributed by atoms with van der Waals surface area (Å²) < 4.78 is 0. The Labute approximate surface area is 125 Å². The molecule has 0 atom stereocenters. The number of anilines is 2. The summed E-state index contributed by atoms with van der Waals surface area (Å²) in [7, 11) is 4.01. The zero-order valence-corrected chi connectivity index (χ0v) is 12.4. The second-order valence-corrected chi connectivity index (χ2v) is 4.40. The van der Waals surface area contributed by atoms with Crippen LogP contribution in [0.25, 0.3) is 0 Å². The quantitative estimate of drug-likeness (QED) is 0.674. The van der Waals surface area contributed by atoms with Gasteiger partial charge in [0.25, 0.3) is 0 Å². The maximum absolute atomic E-state index is 5.86. The van der Waals surface area contributed by atoms with Crippen molar-refractivity contribution in [2.75, 3.05) is 24.3 Å². The summed E-state index contributed by atoms with van der Waals surface area (Å²) in [6, 6.07) is 17.6. The van der Waals surface area contributed by atoms with Crippen LogP contribution < -0.4 is 16.0 Å². The fraction of sp³-hybridized carbons (Fsp3) is 0.133. The molecule has 3 N–H and O–H groups in total. The van der Waals surface area contributed by atoms with E-state index in [0.29, 0.717) is 5.96 Å². The minimum Gasteiger partial charge on any atom is -0.378 e. The number of para-hydroxylation sites is 1. The van der Waals surface area contributed by atoms with Gasteiger partial charge in [0.1, 0.15) is 0 Å². The smallest absolute Gasteiger partial charge is 0.198 e. The van der Waals surface area contributed by atoms with E-state index in [9.17, 15) is 0 Å². The summed E-state index contributed by atoms with van der Waals surface area (Å²) in [6.45, 7) is 0. The maximum atomic E-state index is 5.86. The molecule has 0 bridgehead atoms. The number of benzene rings is 2. The largest absolute Gasteiger partial charge is 0.378 e. The number of hydrogen-bond acceptors (Lipinski definition) is 2. The number of rotatable bonds is 3. The maximum Gasteiger partial charge on any atom is 0.198 e. The van der Waals surface area contributed by atoms with Gasteiger partial charge < -0.3 is 16.0 Å². The van der Waals surface area contributed by atoms with E-state index in [-0.39, 0.29) is 12.4 Å². The van der Waals surface area contributed by atoms with Crippen LogP contribution in [-0.2, 0) is 0 Å². The molecule has 0 amide bonds. The van der Waals surface area contributed by atoms with Crippen molar-refractivity contribution in [3.05, 3.63) is 54.6 Å². The number of guanidine groups is 1. The van der Waals surface area contributed by atoms with Crippen molar-refractivity contribution in [1.29, 1.82) is 0 Å². The first-order valence-corrected chi connectivity index (χ1v) is 6.09. The van der Waals surface area contributed by atoms with Gasteiger partial charge in [-0.15, -0.1) is 12.4 Å². The van der Waals surface area contributed by atoms with Crippen LogP contribution in [0, 0.1) is 0 Å². The first kappa shape index (κ1) is 15.9. The normalized spacial score (nSPS) is 10.6. The van der Waals surface area contributed by atoms with E-state index >= 15 is 0 Å². The summed E-state index contributed by atoms with van der Waals surface area (Å²) in [6.07, 6.45) is 0. The van der Waals surface area contributed by atoms with Crippen LogP contribution in [0.15, 0.2) is 59.6 Å². The molecular weight excluding hydrogens is 272 g/mol. The third-order valence-corrected chi connectivity index (χ3v) is 2.66. The Morgan fingerprint density at radius 3 is 2.15 bits per heavy atom. The van der Waals surface area contributed by atoms with Crippen LogP contribution in [0.2, 0.25) is 0 Å². The highest BCUT2D eigenvalue weighted by atomic mass is 35.5. The molecule has 0 spiro atoms. The van der Waals surface area contributed by atoms with Crippen molar-refractivity contribution in [1.82, 2.24) is 0 Å². The van der Waals surface area contributed by atoms with Crippen LogP contribution in [0.5, 0.6) is 0 Å². The molecule has 0 aliphatic carbocycles. The second kappa shape index (κ2) is 7.40. The molecule has 5 heteroatoms. The van der Waals surface area contributed by atoms with E-state index in [1.165, 1.54) is 0 Å². The average Bonchev–Trinajstić information content (AvgIpc) is 2.40. The van der Waals surface area contributed by atoms with Gasteiger partial charge in [-0.3, -0.25) is 0 Å². The van der Waals surface area contributed by atoms with Crippen molar-refractivity contribution >= 4 is 35.4 Å². The van der Waals surface area contributed by atoms with E-state index in [4.69, 9.17) is 5.73 Å². The SMILES string of the molecule is CN(C)c1ccc(N=C(N)Nc2ccccc2)cc1.Cl. The number of nitrogens with one attached hydrogen (secondary N) is 1. The van der Waals surface area contributed by atoms with Gasteiger partial charge in [-0.25, -0.2) is 4.99 Å². The zero-order chi connectivity index (χ0) is 13.7. The Morgan fingerprint density at radius 1 is 1.00 bits per heavy atom. The molecule has 0 heterocycles. The molecule has 0 fully saturated rings. The summed E-state index contributed by atoms with van der Waals surface area (Å²) in [4.78, 5) is 6.36. The Balaban J connectivity index is 0.00000200. The minimum absolute atomic E-state index is 0.